The lowest BCUT2D eigenvalue weighted by atomic mass is 10.0. The van der Waals surface area contributed by atoms with Crippen molar-refractivity contribution in [3.05, 3.63) is 48.7 Å². The van der Waals surface area contributed by atoms with Crippen LogP contribution >= 0.6 is 0 Å². The maximum atomic E-state index is 14.3. The number of hydrogen-bond donors (Lipinski definition) is 3. The Morgan fingerprint density at radius 1 is 1.06 bits per heavy atom. The van der Waals surface area contributed by atoms with Crippen LogP contribution in [0.4, 0.5) is 4.79 Å². The SMILES string of the molecule is CC(C)(C)OC(=O)N[C@H]1CCCCC/C=C\[C@H]2C[C@@]2(C(=O)NS(=O)(=O)C2CC2)NC(=O)[C@@H]2C[C@@H](Oc3nccc4ccccc34)CN2C1=O. The molecule has 1 aromatic carbocycles. The van der Waals surface area contributed by atoms with Crippen LogP contribution in [0.3, 0.4) is 0 Å². The van der Waals surface area contributed by atoms with Crippen molar-refractivity contribution in [2.75, 3.05) is 6.54 Å². The number of alkyl carbamates (subject to hydrolysis) is 1. The fourth-order valence-electron chi connectivity index (χ4n) is 6.64. The predicted octanol–water partition coefficient (Wildman–Crippen LogP) is 3.48. The van der Waals surface area contributed by atoms with Crippen molar-refractivity contribution in [2.24, 2.45) is 5.92 Å². The number of carbonyl (C=O) groups excluding carboxylic acids is 4. The van der Waals surface area contributed by atoms with Gasteiger partial charge in [0.1, 0.15) is 29.3 Å². The Hall–Kier alpha value is -4.20. The van der Waals surface area contributed by atoms with Crippen molar-refractivity contribution < 1.29 is 37.1 Å². The summed E-state index contributed by atoms with van der Waals surface area (Å²) in [6.45, 7) is 5.22. The molecule has 4 aliphatic rings. The Bertz CT molecular complexity index is 1750. The Kier molecular flexibility index (Phi) is 9.62. The summed E-state index contributed by atoms with van der Waals surface area (Å²) in [5, 5.41) is 6.68. The first-order valence-electron chi connectivity index (χ1n) is 17.1. The highest BCUT2D eigenvalue weighted by Gasteiger charge is 2.62. The second kappa shape index (κ2) is 13.6. The van der Waals surface area contributed by atoms with E-state index in [2.05, 4.69) is 20.3 Å². The third-order valence-electron chi connectivity index (χ3n) is 9.45. The topological polar surface area (TPSA) is 173 Å². The van der Waals surface area contributed by atoms with Gasteiger partial charge in [-0.05, 0) is 76.8 Å². The molecule has 264 valence electrons. The maximum absolute atomic E-state index is 14.3. The van der Waals surface area contributed by atoms with Gasteiger partial charge in [-0.2, -0.15) is 0 Å². The monoisotopic (exact) mass is 695 g/mol. The van der Waals surface area contributed by atoms with Crippen LogP contribution in [0.5, 0.6) is 5.88 Å². The lowest BCUT2D eigenvalue weighted by molar-refractivity contribution is -0.141. The minimum atomic E-state index is -3.87. The van der Waals surface area contributed by atoms with Crippen LogP contribution in [-0.2, 0) is 29.1 Å². The molecule has 1 saturated heterocycles. The van der Waals surface area contributed by atoms with Gasteiger partial charge in [-0.15, -0.1) is 0 Å². The van der Waals surface area contributed by atoms with Gasteiger partial charge in [-0.1, -0.05) is 43.2 Å². The Balaban J connectivity index is 1.30. The Morgan fingerprint density at radius 3 is 2.59 bits per heavy atom. The smallest absolute Gasteiger partial charge is 0.408 e. The van der Waals surface area contributed by atoms with E-state index in [0.29, 0.717) is 38.0 Å². The number of hydrogen-bond acceptors (Lipinski definition) is 9. The highest BCUT2D eigenvalue weighted by Crippen LogP contribution is 2.46. The van der Waals surface area contributed by atoms with Gasteiger partial charge in [0.15, 0.2) is 0 Å². The van der Waals surface area contributed by atoms with Crippen LogP contribution in [0.25, 0.3) is 10.8 Å². The average Bonchev–Trinajstić information content (AvgIpc) is 3.96. The van der Waals surface area contributed by atoms with Gasteiger partial charge in [0.25, 0.3) is 5.91 Å². The molecule has 4 amide bonds. The van der Waals surface area contributed by atoms with Gasteiger partial charge < -0.3 is 25.0 Å². The number of carbonyl (C=O) groups is 4. The Morgan fingerprint density at radius 2 is 1.84 bits per heavy atom. The second-order valence-electron chi connectivity index (χ2n) is 14.5. The summed E-state index contributed by atoms with van der Waals surface area (Å²) < 4.78 is 39.5. The van der Waals surface area contributed by atoms with Gasteiger partial charge in [0, 0.05) is 23.9 Å². The van der Waals surface area contributed by atoms with E-state index >= 15 is 0 Å². The molecule has 2 aliphatic carbocycles. The zero-order chi connectivity index (χ0) is 35.0. The number of rotatable bonds is 6. The molecule has 2 aromatic rings. The molecule has 13 nitrogen and oxygen atoms in total. The quantitative estimate of drug-likeness (QED) is 0.383. The van der Waals surface area contributed by atoms with Gasteiger partial charge in [0.2, 0.25) is 27.7 Å². The number of nitrogens with zero attached hydrogens (tertiary/aromatic N) is 2. The second-order valence-corrected chi connectivity index (χ2v) is 16.5. The van der Waals surface area contributed by atoms with Crippen LogP contribution in [0, 0.1) is 5.92 Å². The summed E-state index contributed by atoms with van der Waals surface area (Å²) in [7, 11) is -3.87. The van der Waals surface area contributed by atoms with Crippen LogP contribution in [-0.4, -0.2) is 83.2 Å². The molecule has 1 aromatic heterocycles. The summed E-state index contributed by atoms with van der Waals surface area (Å²) in [5.41, 5.74) is -2.27. The number of sulfonamides is 1. The van der Waals surface area contributed by atoms with Gasteiger partial charge >= 0.3 is 6.09 Å². The molecule has 0 radical (unpaired) electrons. The number of amides is 4. The molecule has 3 fully saturated rings. The largest absolute Gasteiger partial charge is 0.472 e. The molecular formula is C35H45N5O8S. The predicted molar refractivity (Wildman–Crippen MR) is 181 cm³/mol. The van der Waals surface area contributed by atoms with Gasteiger partial charge in [-0.25, -0.2) is 18.2 Å². The molecule has 2 aliphatic heterocycles. The molecule has 2 saturated carbocycles. The third-order valence-corrected chi connectivity index (χ3v) is 11.3. The zero-order valence-corrected chi connectivity index (χ0v) is 29.0. The standard InChI is InChI=1S/C35H45N5O8S/c1-34(2,3)48-33(44)37-27-14-8-6-4-5-7-12-23-20-35(23,32(43)39-49(45,46)25-15-16-25)38-29(41)28-19-24(21-40(28)31(27)42)47-30-26-13-10-9-11-22(26)17-18-36-30/h7,9-13,17-18,23-25,27-28H,4-6,8,14-16,19-21H2,1-3H3,(H,37,44)(H,38,41)(H,39,43)/b12-7-/t23-,24+,27-,28-,35+/m0/s1. The molecule has 6 rings (SSSR count). The molecule has 0 spiro atoms. The van der Waals surface area contributed by atoms with Crippen molar-refractivity contribution in [1.82, 2.24) is 25.2 Å². The first kappa shape index (κ1) is 34.7. The molecule has 0 unspecified atom stereocenters. The number of aromatic nitrogens is 1. The maximum Gasteiger partial charge on any atom is 0.408 e. The van der Waals surface area contributed by atoms with Crippen molar-refractivity contribution in [2.45, 2.75) is 113 Å². The van der Waals surface area contributed by atoms with Crippen molar-refractivity contribution in [3.63, 3.8) is 0 Å². The van der Waals surface area contributed by atoms with E-state index in [1.807, 2.05) is 42.5 Å². The first-order valence-corrected chi connectivity index (χ1v) is 18.7. The first-order chi connectivity index (χ1) is 23.3. The summed E-state index contributed by atoms with van der Waals surface area (Å²) >= 11 is 0. The molecule has 14 heteroatoms. The summed E-state index contributed by atoms with van der Waals surface area (Å²) in [6.07, 6.45) is 8.59. The summed E-state index contributed by atoms with van der Waals surface area (Å²) in [4.78, 5) is 60.9. The van der Waals surface area contributed by atoms with E-state index in [0.717, 1.165) is 23.6 Å². The van der Waals surface area contributed by atoms with Crippen molar-refractivity contribution in [3.8, 4) is 5.88 Å². The van der Waals surface area contributed by atoms with E-state index in [9.17, 15) is 27.6 Å². The molecule has 3 heterocycles. The van der Waals surface area contributed by atoms with E-state index in [1.54, 1.807) is 27.0 Å². The Labute approximate surface area is 286 Å². The van der Waals surface area contributed by atoms with Crippen LogP contribution in [0.2, 0.25) is 0 Å². The zero-order valence-electron chi connectivity index (χ0n) is 28.1. The summed E-state index contributed by atoms with van der Waals surface area (Å²) in [5.74, 6) is -1.91. The third kappa shape index (κ3) is 8.00. The number of fused-ring (bicyclic) bond motifs is 3. The van der Waals surface area contributed by atoms with Crippen molar-refractivity contribution in [1.29, 1.82) is 0 Å². The minimum Gasteiger partial charge on any atom is -0.472 e. The molecule has 3 N–H and O–H groups in total. The number of nitrogens with one attached hydrogen (secondary N) is 3. The molecule has 5 atom stereocenters. The van der Waals surface area contributed by atoms with Crippen LogP contribution in [0.15, 0.2) is 48.7 Å². The summed E-state index contributed by atoms with van der Waals surface area (Å²) in [6, 6.07) is 7.39. The number of pyridine rings is 1. The number of allylic oxidation sites excluding steroid dienone is 1. The van der Waals surface area contributed by atoms with Crippen LogP contribution in [0.1, 0.15) is 78.6 Å². The van der Waals surface area contributed by atoms with Crippen molar-refractivity contribution >= 4 is 44.6 Å². The van der Waals surface area contributed by atoms with Gasteiger partial charge in [0.05, 0.1) is 11.8 Å². The molecule has 0 bridgehead atoms. The average molecular weight is 696 g/mol. The lowest BCUT2D eigenvalue weighted by Gasteiger charge is -2.30. The fourth-order valence-corrected chi connectivity index (χ4v) is 8.00. The van der Waals surface area contributed by atoms with Crippen LogP contribution < -0.4 is 20.1 Å². The van der Waals surface area contributed by atoms with E-state index < -0.39 is 74.3 Å². The normalized spacial score (nSPS) is 28.6. The highest BCUT2D eigenvalue weighted by molar-refractivity contribution is 7.91. The fraction of sp³-hybridized carbons (Fsp3) is 0.571. The number of ether oxygens (including phenoxy) is 2. The lowest BCUT2D eigenvalue weighted by Crippen LogP contribution is -2.58. The minimum absolute atomic E-state index is 0.0207. The number of benzene rings is 1. The molecule has 49 heavy (non-hydrogen) atoms. The highest BCUT2D eigenvalue weighted by atomic mass is 32.2. The van der Waals surface area contributed by atoms with E-state index in [-0.39, 0.29) is 19.4 Å². The van der Waals surface area contributed by atoms with E-state index in [4.69, 9.17) is 9.47 Å². The molecular weight excluding hydrogens is 650 g/mol. The van der Waals surface area contributed by atoms with E-state index in [1.165, 1.54) is 4.90 Å². The van der Waals surface area contributed by atoms with Gasteiger partial charge in [-0.3, -0.25) is 19.1 Å².